The number of esters is 1. The topological polar surface area (TPSA) is 65.1 Å². The standard InChI is InChI=1S/C16H27NO5/c1-12-6-3-4-8-17(12)15(18)11-22-16(19)13(2)21-10-14-7-5-9-20-14/h12-14H,3-11H2,1-2H3. The van der Waals surface area contributed by atoms with Gasteiger partial charge >= 0.3 is 5.97 Å². The molecule has 0 bridgehead atoms. The van der Waals surface area contributed by atoms with E-state index in [0.717, 1.165) is 45.3 Å². The van der Waals surface area contributed by atoms with Crippen LogP contribution in [0.2, 0.25) is 0 Å². The van der Waals surface area contributed by atoms with Gasteiger partial charge in [0.25, 0.3) is 5.91 Å². The zero-order valence-electron chi connectivity index (χ0n) is 13.6. The molecule has 2 fully saturated rings. The molecular weight excluding hydrogens is 286 g/mol. The second-order valence-corrected chi connectivity index (χ2v) is 6.15. The van der Waals surface area contributed by atoms with Crippen LogP contribution in [-0.2, 0) is 23.8 Å². The van der Waals surface area contributed by atoms with Crippen LogP contribution in [0.5, 0.6) is 0 Å². The molecule has 0 aromatic rings. The van der Waals surface area contributed by atoms with E-state index in [9.17, 15) is 9.59 Å². The quantitative estimate of drug-likeness (QED) is 0.696. The number of ether oxygens (including phenoxy) is 3. The van der Waals surface area contributed by atoms with Crippen molar-refractivity contribution in [2.45, 2.75) is 64.2 Å². The molecule has 0 aromatic carbocycles. The number of amides is 1. The third-order valence-corrected chi connectivity index (χ3v) is 4.35. The lowest BCUT2D eigenvalue weighted by Gasteiger charge is -2.33. The largest absolute Gasteiger partial charge is 0.454 e. The highest BCUT2D eigenvalue weighted by Crippen LogP contribution is 2.16. The van der Waals surface area contributed by atoms with Crippen LogP contribution in [0.15, 0.2) is 0 Å². The fraction of sp³-hybridized carbons (Fsp3) is 0.875. The zero-order valence-corrected chi connectivity index (χ0v) is 13.6. The number of hydrogen-bond acceptors (Lipinski definition) is 5. The highest BCUT2D eigenvalue weighted by atomic mass is 16.6. The molecule has 6 nitrogen and oxygen atoms in total. The van der Waals surface area contributed by atoms with Gasteiger partial charge < -0.3 is 19.1 Å². The maximum Gasteiger partial charge on any atom is 0.335 e. The van der Waals surface area contributed by atoms with Crippen molar-refractivity contribution in [1.82, 2.24) is 4.90 Å². The summed E-state index contributed by atoms with van der Waals surface area (Å²) in [6.07, 6.45) is 4.59. The van der Waals surface area contributed by atoms with Gasteiger partial charge in [0.2, 0.25) is 0 Å². The van der Waals surface area contributed by atoms with Gasteiger partial charge in [-0.1, -0.05) is 0 Å². The molecule has 2 saturated heterocycles. The second-order valence-electron chi connectivity index (χ2n) is 6.15. The number of likely N-dealkylation sites (tertiary alicyclic amines) is 1. The molecule has 1 amide bonds. The lowest BCUT2D eigenvalue weighted by molar-refractivity contribution is -0.163. The zero-order chi connectivity index (χ0) is 15.9. The minimum absolute atomic E-state index is 0.0751. The van der Waals surface area contributed by atoms with E-state index in [-0.39, 0.29) is 24.7 Å². The van der Waals surface area contributed by atoms with Crippen molar-refractivity contribution in [1.29, 1.82) is 0 Å². The van der Waals surface area contributed by atoms with E-state index in [1.165, 1.54) is 0 Å². The highest BCUT2D eigenvalue weighted by molar-refractivity contribution is 5.82. The van der Waals surface area contributed by atoms with E-state index < -0.39 is 12.1 Å². The van der Waals surface area contributed by atoms with Gasteiger partial charge in [0, 0.05) is 19.2 Å². The minimum Gasteiger partial charge on any atom is -0.454 e. The summed E-state index contributed by atoms with van der Waals surface area (Å²) in [5.74, 6) is -0.608. The highest BCUT2D eigenvalue weighted by Gasteiger charge is 2.25. The summed E-state index contributed by atoms with van der Waals surface area (Å²) in [7, 11) is 0. The molecular formula is C16H27NO5. The molecule has 22 heavy (non-hydrogen) atoms. The Balaban J connectivity index is 1.66. The third-order valence-electron chi connectivity index (χ3n) is 4.35. The number of rotatable bonds is 6. The van der Waals surface area contributed by atoms with Crippen LogP contribution in [0.4, 0.5) is 0 Å². The summed E-state index contributed by atoms with van der Waals surface area (Å²) < 4.78 is 16.0. The average molecular weight is 313 g/mol. The Morgan fingerprint density at radius 3 is 2.77 bits per heavy atom. The number of piperidine rings is 1. The predicted octanol–water partition coefficient (Wildman–Crippen LogP) is 1.51. The number of nitrogens with zero attached hydrogens (tertiary/aromatic N) is 1. The predicted molar refractivity (Wildman–Crippen MR) is 80.4 cm³/mol. The van der Waals surface area contributed by atoms with Crippen LogP contribution in [-0.4, -0.2) is 61.4 Å². The summed E-state index contributed by atoms with van der Waals surface area (Å²) in [5.41, 5.74) is 0. The molecule has 2 aliphatic heterocycles. The van der Waals surface area contributed by atoms with Crippen LogP contribution in [0.3, 0.4) is 0 Å². The Kier molecular flexibility index (Phi) is 6.64. The summed E-state index contributed by atoms with van der Waals surface area (Å²) in [6.45, 7) is 5.39. The molecule has 2 rings (SSSR count). The van der Waals surface area contributed by atoms with Gasteiger partial charge in [-0.15, -0.1) is 0 Å². The molecule has 0 spiro atoms. The maximum atomic E-state index is 12.1. The van der Waals surface area contributed by atoms with Gasteiger partial charge in [-0.2, -0.15) is 0 Å². The SMILES string of the molecule is CC(OCC1CCCO1)C(=O)OCC(=O)N1CCCCC1C. The van der Waals surface area contributed by atoms with Crippen LogP contribution < -0.4 is 0 Å². The lowest BCUT2D eigenvalue weighted by Crippen LogP contribution is -2.44. The molecule has 126 valence electrons. The molecule has 0 aliphatic carbocycles. The van der Waals surface area contributed by atoms with Crippen LogP contribution in [0, 0.1) is 0 Å². The van der Waals surface area contributed by atoms with E-state index in [0.29, 0.717) is 6.61 Å². The van der Waals surface area contributed by atoms with Gasteiger partial charge in [-0.25, -0.2) is 4.79 Å². The van der Waals surface area contributed by atoms with Gasteiger partial charge in [-0.05, 0) is 46.0 Å². The molecule has 0 aromatic heterocycles. The van der Waals surface area contributed by atoms with Gasteiger partial charge in [0.1, 0.15) is 0 Å². The van der Waals surface area contributed by atoms with E-state index in [1.54, 1.807) is 11.8 Å². The lowest BCUT2D eigenvalue weighted by atomic mass is 10.0. The van der Waals surface area contributed by atoms with Crippen molar-refractivity contribution in [3.8, 4) is 0 Å². The Labute approximate surface area is 132 Å². The van der Waals surface area contributed by atoms with Crippen LogP contribution in [0.1, 0.15) is 46.0 Å². The first-order chi connectivity index (χ1) is 10.6. The van der Waals surface area contributed by atoms with Crippen molar-refractivity contribution in [3.05, 3.63) is 0 Å². The molecule has 3 unspecified atom stereocenters. The molecule has 0 saturated carbocycles. The summed E-state index contributed by atoms with van der Waals surface area (Å²) >= 11 is 0. The van der Waals surface area contributed by atoms with E-state index in [2.05, 4.69) is 0 Å². The monoisotopic (exact) mass is 313 g/mol. The number of carbonyl (C=O) groups is 2. The van der Waals surface area contributed by atoms with Crippen molar-refractivity contribution in [2.75, 3.05) is 26.4 Å². The molecule has 2 aliphatic rings. The Morgan fingerprint density at radius 2 is 2.09 bits per heavy atom. The van der Waals surface area contributed by atoms with Crippen LogP contribution in [0.25, 0.3) is 0 Å². The van der Waals surface area contributed by atoms with Crippen molar-refractivity contribution >= 4 is 11.9 Å². The van der Waals surface area contributed by atoms with E-state index in [1.807, 2.05) is 6.92 Å². The van der Waals surface area contributed by atoms with Gasteiger partial charge in [0.15, 0.2) is 12.7 Å². The summed E-state index contributed by atoms with van der Waals surface area (Å²) in [5, 5.41) is 0. The maximum absolute atomic E-state index is 12.1. The molecule has 6 heteroatoms. The summed E-state index contributed by atoms with van der Waals surface area (Å²) in [4.78, 5) is 25.7. The fourth-order valence-corrected chi connectivity index (χ4v) is 2.90. The fourth-order valence-electron chi connectivity index (χ4n) is 2.90. The normalized spacial score (nSPS) is 26.7. The molecule has 2 heterocycles. The first-order valence-corrected chi connectivity index (χ1v) is 8.27. The number of hydrogen-bond donors (Lipinski definition) is 0. The first kappa shape index (κ1) is 17.2. The Bertz CT molecular complexity index is 381. The van der Waals surface area contributed by atoms with Gasteiger partial charge in [0.05, 0.1) is 12.7 Å². The van der Waals surface area contributed by atoms with Crippen molar-refractivity contribution in [3.63, 3.8) is 0 Å². The van der Waals surface area contributed by atoms with E-state index in [4.69, 9.17) is 14.2 Å². The molecule has 0 radical (unpaired) electrons. The second kappa shape index (κ2) is 8.48. The van der Waals surface area contributed by atoms with Crippen molar-refractivity contribution < 1.29 is 23.8 Å². The van der Waals surface area contributed by atoms with Gasteiger partial charge in [-0.3, -0.25) is 4.79 Å². The molecule has 0 N–H and O–H groups in total. The number of carbonyl (C=O) groups excluding carboxylic acids is 2. The van der Waals surface area contributed by atoms with E-state index >= 15 is 0 Å². The minimum atomic E-state index is -0.671. The Morgan fingerprint density at radius 1 is 1.27 bits per heavy atom. The summed E-state index contributed by atoms with van der Waals surface area (Å²) in [6, 6.07) is 0.230. The third kappa shape index (κ3) is 4.95. The Hall–Kier alpha value is -1.14. The first-order valence-electron chi connectivity index (χ1n) is 8.27. The molecule has 3 atom stereocenters. The van der Waals surface area contributed by atoms with Crippen LogP contribution >= 0.6 is 0 Å². The average Bonchev–Trinajstić information content (AvgIpc) is 3.03. The smallest absolute Gasteiger partial charge is 0.335 e. The van der Waals surface area contributed by atoms with Crippen molar-refractivity contribution in [2.24, 2.45) is 0 Å².